The fourth-order valence-electron chi connectivity index (χ4n) is 3.59. The predicted molar refractivity (Wildman–Crippen MR) is 132 cm³/mol. The predicted octanol–water partition coefficient (Wildman–Crippen LogP) is 4.44. The van der Waals surface area contributed by atoms with Crippen molar-refractivity contribution in [2.24, 2.45) is 0 Å². The lowest BCUT2D eigenvalue weighted by Gasteiger charge is -2.15. The molecule has 0 unspecified atom stereocenters. The van der Waals surface area contributed by atoms with E-state index >= 15 is 0 Å². The molecule has 2 N–H and O–H groups in total. The van der Waals surface area contributed by atoms with Crippen LogP contribution in [0.4, 0.5) is 5.69 Å². The molecule has 9 heteroatoms. The van der Waals surface area contributed by atoms with Crippen molar-refractivity contribution in [2.45, 2.75) is 50.7 Å². The number of halogens is 1. The van der Waals surface area contributed by atoms with Crippen LogP contribution in [0.3, 0.4) is 0 Å². The molecule has 0 spiro atoms. The third-order valence-corrected chi connectivity index (χ3v) is 6.86. The van der Waals surface area contributed by atoms with Gasteiger partial charge in [-0.15, -0.1) is 10.2 Å². The van der Waals surface area contributed by atoms with Crippen LogP contribution in [0.1, 0.15) is 29.8 Å². The molecule has 1 saturated heterocycles. The van der Waals surface area contributed by atoms with Gasteiger partial charge in [0.15, 0.2) is 11.0 Å². The highest BCUT2D eigenvalue weighted by molar-refractivity contribution is 7.99. The molecule has 2 aromatic carbocycles. The van der Waals surface area contributed by atoms with Gasteiger partial charge in [0, 0.05) is 23.9 Å². The van der Waals surface area contributed by atoms with Gasteiger partial charge in [-0.3, -0.25) is 4.79 Å². The number of rotatable bonds is 10. The summed E-state index contributed by atoms with van der Waals surface area (Å²) in [5.74, 6) is 1.04. The van der Waals surface area contributed by atoms with Gasteiger partial charge < -0.3 is 19.9 Å². The van der Waals surface area contributed by atoms with Crippen molar-refractivity contribution >= 4 is 35.0 Å². The highest BCUT2D eigenvalue weighted by Crippen LogP contribution is 2.23. The Morgan fingerprint density at radius 1 is 1.21 bits per heavy atom. The molecule has 7 nitrogen and oxygen atoms in total. The Bertz CT molecular complexity index is 1070. The summed E-state index contributed by atoms with van der Waals surface area (Å²) in [5.41, 5.74) is 3.03. The summed E-state index contributed by atoms with van der Waals surface area (Å²) in [6.45, 7) is 4.44. The molecule has 0 bridgehead atoms. The largest absolute Gasteiger partial charge is 0.378 e. The second-order valence-electron chi connectivity index (χ2n) is 8.01. The number of thioether (sulfide) groups is 1. The number of nitrogens with zero attached hydrogens (tertiary/aromatic N) is 3. The molecule has 1 atom stereocenters. The molecule has 2 heterocycles. The summed E-state index contributed by atoms with van der Waals surface area (Å²) >= 11 is 7.64. The summed E-state index contributed by atoms with van der Waals surface area (Å²) in [5, 5.41) is 16.5. The SMILES string of the molecule is Cc1ccc(NCc2nnc(SCC(=O)NCc3ccccc3)n2C[C@H]2CCCO2)cc1Cl. The van der Waals surface area contributed by atoms with E-state index in [9.17, 15) is 4.79 Å². The molecule has 33 heavy (non-hydrogen) atoms. The first-order valence-corrected chi connectivity index (χ1v) is 12.4. The first-order valence-electron chi connectivity index (χ1n) is 11.1. The molecule has 0 saturated carbocycles. The van der Waals surface area contributed by atoms with Gasteiger partial charge in [0.25, 0.3) is 0 Å². The van der Waals surface area contributed by atoms with Gasteiger partial charge in [0.05, 0.1) is 24.9 Å². The van der Waals surface area contributed by atoms with Gasteiger partial charge in [-0.25, -0.2) is 0 Å². The number of anilines is 1. The van der Waals surface area contributed by atoms with Crippen LogP contribution >= 0.6 is 23.4 Å². The molecule has 1 aliphatic heterocycles. The fourth-order valence-corrected chi connectivity index (χ4v) is 4.57. The number of benzene rings is 2. The second kappa shape index (κ2) is 11.5. The zero-order valence-corrected chi connectivity index (χ0v) is 20.2. The van der Waals surface area contributed by atoms with Gasteiger partial charge >= 0.3 is 0 Å². The van der Waals surface area contributed by atoms with E-state index in [4.69, 9.17) is 16.3 Å². The maximum absolute atomic E-state index is 12.4. The van der Waals surface area contributed by atoms with Crippen LogP contribution in [0.5, 0.6) is 0 Å². The smallest absolute Gasteiger partial charge is 0.230 e. The van der Waals surface area contributed by atoms with Gasteiger partial charge in [-0.1, -0.05) is 59.8 Å². The molecule has 4 rings (SSSR count). The molecule has 1 amide bonds. The van der Waals surface area contributed by atoms with Gasteiger partial charge in [0.2, 0.25) is 5.91 Å². The number of carbonyl (C=O) groups excluding carboxylic acids is 1. The summed E-state index contributed by atoms with van der Waals surface area (Å²) < 4.78 is 7.90. The van der Waals surface area contributed by atoms with Crippen LogP contribution in [-0.2, 0) is 29.2 Å². The summed E-state index contributed by atoms with van der Waals surface area (Å²) in [7, 11) is 0. The Kier molecular flexibility index (Phi) is 8.25. The van der Waals surface area contributed by atoms with E-state index in [1.807, 2.05) is 55.5 Å². The number of ether oxygens (including phenoxy) is 1. The zero-order valence-electron chi connectivity index (χ0n) is 18.6. The number of carbonyl (C=O) groups is 1. The van der Waals surface area contributed by atoms with E-state index in [0.29, 0.717) is 19.6 Å². The van der Waals surface area contributed by atoms with E-state index < -0.39 is 0 Å². The van der Waals surface area contributed by atoms with Crippen LogP contribution in [0.15, 0.2) is 53.7 Å². The van der Waals surface area contributed by atoms with Gasteiger partial charge in [-0.2, -0.15) is 0 Å². The zero-order chi connectivity index (χ0) is 23.0. The Labute approximate surface area is 203 Å². The molecule has 1 aromatic heterocycles. The minimum atomic E-state index is -0.0375. The van der Waals surface area contributed by atoms with E-state index in [2.05, 4.69) is 25.4 Å². The minimum absolute atomic E-state index is 0.0375. The molecule has 1 fully saturated rings. The number of amides is 1. The van der Waals surface area contributed by atoms with Gasteiger partial charge in [-0.05, 0) is 43.0 Å². The molecule has 0 aliphatic carbocycles. The third-order valence-electron chi connectivity index (χ3n) is 5.49. The van der Waals surface area contributed by atoms with Crippen molar-refractivity contribution in [3.63, 3.8) is 0 Å². The number of hydrogen-bond acceptors (Lipinski definition) is 6. The van der Waals surface area contributed by atoms with Crippen LogP contribution < -0.4 is 10.6 Å². The van der Waals surface area contributed by atoms with Crippen LogP contribution in [0.2, 0.25) is 5.02 Å². The molecular weight excluding hydrogens is 458 g/mol. The lowest BCUT2D eigenvalue weighted by Crippen LogP contribution is -2.25. The maximum Gasteiger partial charge on any atom is 0.230 e. The van der Waals surface area contributed by atoms with Crippen molar-refractivity contribution in [2.75, 3.05) is 17.7 Å². The minimum Gasteiger partial charge on any atom is -0.378 e. The Morgan fingerprint density at radius 3 is 2.82 bits per heavy atom. The van der Waals surface area contributed by atoms with Crippen molar-refractivity contribution in [1.82, 2.24) is 20.1 Å². The molecule has 174 valence electrons. The third kappa shape index (κ3) is 6.72. The lowest BCUT2D eigenvalue weighted by molar-refractivity contribution is -0.118. The quantitative estimate of drug-likeness (QED) is 0.413. The van der Waals surface area contributed by atoms with Crippen LogP contribution in [0, 0.1) is 6.92 Å². The second-order valence-corrected chi connectivity index (χ2v) is 9.36. The lowest BCUT2D eigenvalue weighted by atomic mass is 10.2. The highest BCUT2D eigenvalue weighted by atomic mass is 35.5. The average Bonchev–Trinajstić information content (AvgIpc) is 3.48. The van der Waals surface area contributed by atoms with Crippen molar-refractivity contribution < 1.29 is 9.53 Å². The van der Waals surface area contributed by atoms with Crippen LogP contribution in [-0.4, -0.2) is 39.1 Å². The average molecular weight is 486 g/mol. The van der Waals surface area contributed by atoms with E-state index in [0.717, 1.165) is 52.3 Å². The van der Waals surface area contributed by atoms with E-state index in [1.54, 1.807) is 0 Å². The first kappa shape index (κ1) is 23.6. The Morgan fingerprint density at radius 2 is 2.06 bits per heavy atom. The van der Waals surface area contributed by atoms with Crippen molar-refractivity contribution in [3.05, 3.63) is 70.5 Å². The Balaban J connectivity index is 1.39. The first-order chi connectivity index (χ1) is 16.1. The number of nitrogens with one attached hydrogen (secondary N) is 2. The van der Waals surface area contributed by atoms with Crippen LogP contribution in [0.25, 0.3) is 0 Å². The van der Waals surface area contributed by atoms with Crippen molar-refractivity contribution in [3.8, 4) is 0 Å². The molecular formula is C24H28ClN5O2S. The number of aromatic nitrogens is 3. The number of aryl methyl sites for hydroxylation is 1. The number of hydrogen-bond donors (Lipinski definition) is 2. The van der Waals surface area contributed by atoms with Gasteiger partial charge in [0.1, 0.15) is 0 Å². The molecule has 0 radical (unpaired) electrons. The highest BCUT2D eigenvalue weighted by Gasteiger charge is 2.21. The summed E-state index contributed by atoms with van der Waals surface area (Å²) in [4.78, 5) is 12.4. The summed E-state index contributed by atoms with van der Waals surface area (Å²) in [6, 6.07) is 15.8. The summed E-state index contributed by atoms with van der Waals surface area (Å²) in [6.07, 6.45) is 2.22. The van der Waals surface area contributed by atoms with Crippen molar-refractivity contribution in [1.29, 1.82) is 0 Å². The molecule has 3 aromatic rings. The fraction of sp³-hybridized carbons (Fsp3) is 0.375. The maximum atomic E-state index is 12.4. The Hall–Kier alpha value is -2.55. The molecule has 1 aliphatic rings. The topological polar surface area (TPSA) is 81.1 Å². The van der Waals surface area contributed by atoms with E-state index in [-0.39, 0.29) is 17.8 Å². The van der Waals surface area contributed by atoms with E-state index in [1.165, 1.54) is 11.8 Å². The normalized spacial score (nSPS) is 15.5. The monoisotopic (exact) mass is 485 g/mol. The standard InChI is InChI=1S/C24H28ClN5O2S/c1-17-9-10-19(12-21(17)25)26-14-22-28-29-24(30(22)15-20-8-5-11-32-20)33-16-23(31)27-13-18-6-3-2-4-7-18/h2-4,6-7,9-10,12,20,26H,5,8,11,13-16H2,1H3,(H,27,31)/t20-/m1/s1.